The standard InChI is InChI=1S/C10H19NO6S2/c1-5(13)11-7-9(15)8(14)6(3-12)17-10(7)16-4-19-18-2/h6-10,12,14-15H,3-4H2,1-2H3,(H,11,13). The van der Waals surface area contributed by atoms with Gasteiger partial charge < -0.3 is 30.1 Å². The smallest absolute Gasteiger partial charge is 0.217 e. The van der Waals surface area contributed by atoms with E-state index in [1.807, 2.05) is 6.26 Å². The maximum absolute atomic E-state index is 11.1. The lowest BCUT2D eigenvalue weighted by Gasteiger charge is -2.42. The summed E-state index contributed by atoms with van der Waals surface area (Å²) in [6.45, 7) is 0.853. The topological polar surface area (TPSA) is 108 Å². The molecule has 1 saturated heterocycles. The minimum Gasteiger partial charge on any atom is -0.394 e. The normalized spacial score (nSPS) is 35.1. The van der Waals surface area contributed by atoms with Crippen molar-refractivity contribution in [2.45, 2.75) is 37.6 Å². The first kappa shape index (κ1) is 17.0. The van der Waals surface area contributed by atoms with Gasteiger partial charge in [-0.3, -0.25) is 4.79 Å². The Morgan fingerprint density at radius 3 is 2.63 bits per heavy atom. The van der Waals surface area contributed by atoms with Gasteiger partial charge in [0.15, 0.2) is 6.29 Å². The van der Waals surface area contributed by atoms with Crippen LogP contribution in [0.25, 0.3) is 0 Å². The van der Waals surface area contributed by atoms with Crippen LogP contribution >= 0.6 is 21.6 Å². The Kier molecular flexibility index (Phi) is 7.44. The molecule has 5 atom stereocenters. The second-order valence-corrected chi connectivity index (χ2v) is 6.51. The first-order valence-corrected chi connectivity index (χ1v) is 8.40. The molecule has 7 nitrogen and oxygen atoms in total. The van der Waals surface area contributed by atoms with Gasteiger partial charge in [0.2, 0.25) is 5.91 Å². The number of aliphatic hydroxyl groups is 3. The average Bonchev–Trinajstić information content (AvgIpc) is 2.37. The average molecular weight is 313 g/mol. The van der Waals surface area contributed by atoms with E-state index >= 15 is 0 Å². The molecule has 1 amide bonds. The van der Waals surface area contributed by atoms with Gasteiger partial charge in [0.1, 0.15) is 30.3 Å². The molecule has 1 heterocycles. The van der Waals surface area contributed by atoms with Crippen molar-refractivity contribution in [2.75, 3.05) is 18.8 Å². The lowest BCUT2D eigenvalue weighted by molar-refractivity contribution is -0.264. The molecule has 0 spiro atoms. The zero-order chi connectivity index (χ0) is 14.4. The van der Waals surface area contributed by atoms with E-state index in [4.69, 9.17) is 14.6 Å². The summed E-state index contributed by atoms with van der Waals surface area (Å²) >= 11 is 0. The number of rotatable bonds is 6. The molecule has 5 unspecified atom stereocenters. The number of ether oxygens (including phenoxy) is 2. The fourth-order valence-electron chi connectivity index (χ4n) is 1.76. The SMILES string of the molecule is CSSCOC1OC(CO)C(O)C(O)C1NC(C)=O. The summed E-state index contributed by atoms with van der Waals surface area (Å²) in [6.07, 6.45) is -2.52. The van der Waals surface area contributed by atoms with Crippen molar-refractivity contribution >= 4 is 27.5 Å². The molecule has 112 valence electrons. The van der Waals surface area contributed by atoms with E-state index in [9.17, 15) is 15.0 Å². The predicted octanol–water partition coefficient (Wildman–Crippen LogP) is -1.08. The highest BCUT2D eigenvalue weighted by molar-refractivity contribution is 8.76. The number of hydrogen-bond donors (Lipinski definition) is 4. The Labute approximate surface area is 119 Å². The summed E-state index contributed by atoms with van der Waals surface area (Å²) in [6, 6.07) is -0.877. The monoisotopic (exact) mass is 313 g/mol. The minimum absolute atomic E-state index is 0.295. The molecule has 1 fully saturated rings. The number of carbonyl (C=O) groups excluding carboxylic acids is 1. The van der Waals surface area contributed by atoms with Crippen molar-refractivity contribution in [1.29, 1.82) is 0 Å². The van der Waals surface area contributed by atoms with Crippen molar-refractivity contribution in [3.05, 3.63) is 0 Å². The summed E-state index contributed by atoms with van der Waals surface area (Å²) in [5.41, 5.74) is 0. The van der Waals surface area contributed by atoms with Crippen LogP contribution < -0.4 is 5.32 Å². The molecular formula is C10H19NO6S2. The first-order valence-electron chi connectivity index (χ1n) is 5.68. The van der Waals surface area contributed by atoms with Gasteiger partial charge in [0.25, 0.3) is 0 Å². The molecule has 0 aromatic heterocycles. The zero-order valence-corrected chi connectivity index (χ0v) is 12.3. The van der Waals surface area contributed by atoms with Crippen molar-refractivity contribution in [2.24, 2.45) is 0 Å². The van der Waals surface area contributed by atoms with Gasteiger partial charge in [-0.15, -0.1) is 0 Å². The van der Waals surface area contributed by atoms with Gasteiger partial charge in [0.05, 0.1) is 6.61 Å². The van der Waals surface area contributed by atoms with E-state index < -0.39 is 37.3 Å². The first-order chi connectivity index (χ1) is 9.01. The predicted molar refractivity (Wildman–Crippen MR) is 72.4 cm³/mol. The quantitative estimate of drug-likeness (QED) is 0.278. The molecule has 1 aliphatic rings. The Hall–Kier alpha value is -0.0300. The summed E-state index contributed by atoms with van der Waals surface area (Å²) in [4.78, 5) is 11.1. The molecule has 0 aromatic carbocycles. The molecule has 1 rings (SSSR count). The second kappa shape index (κ2) is 8.30. The van der Waals surface area contributed by atoms with Crippen molar-refractivity contribution in [1.82, 2.24) is 5.32 Å². The van der Waals surface area contributed by atoms with Crippen LogP contribution in [0.5, 0.6) is 0 Å². The Bertz CT molecular complexity index is 295. The molecule has 9 heteroatoms. The number of amides is 1. The van der Waals surface area contributed by atoms with Crippen LogP contribution in [0.1, 0.15) is 6.92 Å². The fraction of sp³-hybridized carbons (Fsp3) is 0.900. The van der Waals surface area contributed by atoms with Gasteiger partial charge in [0, 0.05) is 6.92 Å². The van der Waals surface area contributed by atoms with Crippen LogP contribution in [0.2, 0.25) is 0 Å². The number of aliphatic hydroxyl groups excluding tert-OH is 3. The van der Waals surface area contributed by atoms with E-state index in [0.717, 1.165) is 0 Å². The van der Waals surface area contributed by atoms with Crippen LogP contribution in [0.3, 0.4) is 0 Å². The van der Waals surface area contributed by atoms with E-state index in [0.29, 0.717) is 5.94 Å². The van der Waals surface area contributed by atoms with Gasteiger partial charge in [-0.1, -0.05) is 21.6 Å². The number of carbonyl (C=O) groups is 1. The minimum atomic E-state index is -1.28. The Balaban J connectivity index is 2.71. The molecule has 0 aliphatic carbocycles. The molecule has 0 aromatic rings. The third kappa shape index (κ3) is 4.78. The molecule has 1 aliphatic heterocycles. The molecule has 0 radical (unpaired) electrons. The Morgan fingerprint density at radius 1 is 1.42 bits per heavy atom. The molecule has 19 heavy (non-hydrogen) atoms. The van der Waals surface area contributed by atoms with Crippen molar-refractivity contribution < 1.29 is 29.6 Å². The molecule has 4 N–H and O–H groups in total. The highest BCUT2D eigenvalue weighted by Crippen LogP contribution is 2.25. The number of hydrogen-bond acceptors (Lipinski definition) is 8. The van der Waals surface area contributed by atoms with Crippen LogP contribution in [0.15, 0.2) is 0 Å². The lowest BCUT2D eigenvalue weighted by Crippen LogP contribution is -2.64. The van der Waals surface area contributed by atoms with Crippen LogP contribution in [-0.2, 0) is 14.3 Å². The van der Waals surface area contributed by atoms with E-state index in [1.54, 1.807) is 0 Å². The summed E-state index contributed by atoms with van der Waals surface area (Å²) in [5, 5.41) is 31.3. The van der Waals surface area contributed by atoms with Crippen LogP contribution in [0, 0.1) is 0 Å². The largest absolute Gasteiger partial charge is 0.394 e. The maximum atomic E-state index is 11.1. The van der Waals surface area contributed by atoms with Crippen molar-refractivity contribution in [3.63, 3.8) is 0 Å². The zero-order valence-electron chi connectivity index (χ0n) is 10.7. The highest BCUT2D eigenvalue weighted by Gasteiger charge is 2.45. The number of nitrogens with one attached hydrogen (secondary N) is 1. The van der Waals surface area contributed by atoms with E-state index in [1.165, 1.54) is 28.5 Å². The van der Waals surface area contributed by atoms with Crippen LogP contribution in [-0.4, -0.2) is 70.7 Å². The molecule has 0 bridgehead atoms. The Morgan fingerprint density at radius 2 is 2.11 bits per heavy atom. The van der Waals surface area contributed by atoms with Crippen molar-refractivity contribution in [3.8, 4) is 0 Å². The second-order valence-electron chi connectivity index (χ2n) is 4.00. The van der Waals surface area contributed by atoms with Gasteiger partial charge in [-0.25, -0.2) is 0 Å². The van der Waals surface area contributed by atoms with Crippen LogP contribution in [0.4, 0.5) is 0 Å². The molecule has 0 saturated carbocycles. The van der Waals surface area contributed by atoms with Gasteiger partial charge in [-0.05, 0) is 6.26 Å². The maximum Gasteiger partial charge on any atom is 0.217 e. The van der Waals surface area contributed by atoms with Gasteiger partial charge >= 0.3 is 0 Å². The lowest BCUT2D eigenvalue weighted by atomic mass is 9.97. The van der Waals surface area contributed by atoms with Gasteiger partial charge in [-0.2, -0.15) is 0 Å². The summed E-state index contributed by atoms with van der Waals surface area (Å²) < 4.78 is 10.8. The molecular weight excluding hydrogens is 294 g/mol. The summed E-state index contributed by atoms with van der Waals surface area (Å²) in [7, 11) is 2.93. The highest BCUT2D eigenvalue weighted by atomic mass is 33.1. The third-order valence-corrected chi connectivity index (χ3v) is 4.11. The summed E-state index contributed by atoms with van der Waals surface area (Å²) in [5.74, 6) is -0.0727. The van der Waals surface area contributed by atoms with E-state index in [2.05, 4.69) is 5.32 Å². The fourth-order valence-corrected chi connectivity index (χ4v) is 2.50. The van der Waals surface area contributed by atoms with E-state index in [-0.39, 0.29) is 5.91 Å². The third-order valence-electron chi connectivity index (χ3n) is 2.65.